The van der Waals surface area contributed by atoms with E-state index >= 15 is 0 Å². The molecule has 0 aromatic heterocycles. The highest BCUT2D eigenvalue weighted by Gasteiger charge is 2.22. The Morgan fingerprint density at radius 3 is 2.35 bits per heavy atom. The van der Waals surface area contributed by atoms with E-state index in [4.69, 9.17) is 11.6 Å². The van der Waals surface area contributed by atoms with Crippen LogP contribution in [0.1, 0.15) is 5.56 Å². The van der Waals surface area contributed by atoms with Gasteiger partial charge in [0.15, 0.2) is 0 Å². The number of anilines is 2. The molecule has 1 N–H and O–H groups in total. The second-order valence-electron chi connectivity index (χ2n) is 5.08. The molecule has 7 heteroatoms. The second-order valence-corrected chi connectivity index (χ2v) is 7.40. The fourth-order valence-corrected chi connectivity index (χ4v) is 3.22. The Hall–Kier alpha value is -2.05. The van der Waals surface area contributed by atoms with Crippen LogP contribution < -0.4 is 9.62 Å². The van der Waals surface area contributed by atoms with Crippen LogP contribution in [0, 0.1) is 6.92 Å². The van der Waals surface area contributed by atoms with Crippen molar-refractivity contribution < 1.29 is 13.2 Å². The number of benzene rings is 2. The van der Waals surface area contributed by atoms with Gasteiger partial charge in [0.25, 0.3) is 0 Å². The molecule has 122 valence electrons. The first kappa shape index (κ1) is 17.3. The fourth-order valence-electron chi connectivity index (χ4n) is 2.07. The number of nitrogens with zero attached hydrogens (tertiary/aromatic N) is 1. The zero-order chi connectivity index (χ0) is 17.0. The second kappa shape index (κ2) is 7.02. The summed E-state index contributed by atoms with van der Waals surface area (Å²) in [7, 11) is -3.65. The van der Waals surface area contributed by atoms with Gasteiger partial charge in [-0.25, -0.2) is 8.42 Å². The Kier molecular flexibility index (Phi) is 5.28. The van der Waals surface area contributed by atoms with Crippen molar-refractivity contribution in [2.24, 2.45) is 0 Å². The minimum absolute atomic E-state index is 0.265. The van der Waals surface area contributed by atoms with Crippen LogP contribution in [-0.4, -0.2) is 27.1 Å². The van der Waals surface area contributed by atoms with Crippen LogP contribution >= 0.6 is 11.6 Å². The summed E-state index contributed by atoms with van der Waals surface area (Å²) in [6.45, 7) is 1.51. The van der Waals surface area contributed by atoms with Crippen molar-refractivity contribution in [3.63, 3.8) is 0 Å². The van der Waals surface area contributed by atoms with Crippen LogP contribution in [0.5, 0.6) is 0 Å². The summed E-state index contributed by atoms with van der Waals surface area (Å²) in [5, 5.41) is 2.98. The number of para-hydroxylation sites is 2. The normalized spacial score (nSPS) is 11.1. The standard InChI is InChI=1S/C16H17ClN2O3S/c1-12-7-3-5-9-14(12)18-16(20)11-19(23(2,21)22)15-10-6-4-8-13(15)17/h3-10H,11H2,1-2H3,(H,18,20). The number of hydrogen-bond donors (Lipinski definition) is 1. The number of aryl methyl sites for hydroxylation is 1. The molecule has 23 heavy (non-hydrogen) atoms. The molecule has 0 saturated heterocycles. The zero-order valence-electron chi connectivity index (χ0n) is 12.8. The molecule has 0 aliphatic heterocycles. The molecule has 0 saturated carbocycles. The Morgan fingerprint density at radius 1 is 1.13 bits per heavy atom. The topological polar surface area (TPSA) is 66.5 Å². The van der Waals surface area contributed by atoms with Gasteiger partial charge in [-0.15, -0.1) is 0 Å². The number of sulfonamides is 1. The number of hydrogen-bond acceptors (Lipinski definition) is 3. The first-order chi connectivity index (χ1) is 10.8. The maximum Gasteiger partial charge on any atom is 0.245 e. The van der Waals surface area contributed by atoms with E-state index in [2.05, 4.69) is 5.32 Å². The van der Waals surface area contributed by atoms with Gasteiger partial charge in [0.1, 0.15) is 6.54 Å². The van der Waals surface area contributed by atoms with Crippen LogP contribution in [0.2, 0.25) is 5.02 Å². The van der Waals surface area contributed by atoms with Crippen LogP contribution in [0.4, 0.5) is 11.4 Å². The predicted molar refractivity (Wildman–Crippen MR) is 93.5 cm³/mol. The molecule has 0 aliphatic carbocycles. The summed E-state index contributed by atoms with van der Waals surface area (Å²) in [5.41, 5.74) is 1.81. The van der Waals surface area contributed by atoms with Gasteiger partial charge in [-0.1, -0.05) is 41.9 Å². The summed E-state index contributed by atoms with van der Waals surface area (Å²) < 4.78 is 25.0. The summed E-state index contributed by atoms with van der Waals surface area (Å²) in [6, 6.07) is 13.8. The average Bonchev–Trinajstić information content (AvgIpc) is 2.47. The molecule has 0 radical (unpaired) electrons. The molecule has 1 amide bonds. The van der Waals surface area contributed by atoms with Crippen molar-refractivity contribution in [3.05, 3.63) is 59.1 Å². The van der Waals surface area contributed by atoms with Crippen LogP contribution in [0.3, 0.4) is 0 Å². The summed E-state index contributed by atoms with van der Waals surface area (Å²) in [6.07, 6.45) is 1.04. The van der Waals surface area contributed by atoms with Gasteiger partial charge in [-0.3, -0.25) is 9.10 Å². The van der Waals surface area contributed by atoms with Crippen LogP contribution in [-0.2, 0) is 14.8 Å². The lowest BCUT2D eigenvalue weighted by Crippen LogP contribution is -2.37. The highest BCUT2D eigenvalue weighted by atomic mass is 35.5. The molecule has 2 aromatic rings. The van der Waals surface area contributed by atoms with E-state index < -0.39 is 15.9 Å². The Labute approximate surface area is 140 Å². The molecule has 0 bridgehead atoms. The van der Waals surface area contributed by atoms with Crippen LogP contribution in [0.15, 0.2) is 48.5 Å². The third kappa shape index (κ3) is 4.46. The lowest BCUT2D eigenvalue weighted by atomic mass is 10.2. The van der Waals surface area contributed by atoms with Crippen molar-refractivity contribution >= 4 is 38.9 Å². The maximum absolute atomic E-state index is 12.2. The molecule has 0 unspecified atom stereocenters. The number of amides is 1. The Morgan fingerprint density at radius 2 is 1.74 bits per heavy atom. The Bertz CT molecular complexity index is 822. The molecule has 5 nitrogen and oxygen atoms in total. The van der Waals surface area contributed by atoms with E-state index in [-0.39, 0.29) is 17.3 Å². The van der Waals surface area contributed by atoms with Gasteiger partial charge in [-0.05, 0) is 30.7 Å². The SMILES string of the molecule is Cc1ccccc1NC(=O)CN(c1ccccc1Cl)S(C)(=O)=O. The number of rotatable bonds is 5. The van der Waals surface area contributed by atoms with Gasteiger partial charge in [0.05, 0.1) is 17.0 Å². The van der Waals surface area contributed by atoms with Gasteiger partial charge in [0, 0.05) is 5.69 Å². The fraction of sp³-hybridized carbons (Fsp3) is 0.188. The van der Waals surface area contributed by atoms with Gasteiger partial charge < -0.3 is 5.32 Å². The van der Waals surface area contributed by atoms with Crippen molar-refractivity contribution in [3.8, 4) is 0 Å². The molecule has 0 heterocycles. The maximum atomic E-state index is 12.2. The van der Waals surface area contributed by atoms with E-state index in [0.29, 0.717) is 5.69 Å². The molecule has 2 aromatic carbocycles. The Balaban J connectivity index is 2.24. The van der Waals surface area contributed by atoms with E-state index in [0.717, 1.165) is 16.1 Å². The first-order valence-electron chi connectivity index (χ1n) is 6.87. The lowest BCUT2D eigenvalue weighted by Gasteiger charge is -2.23. The quantitative estimate of drug-likeness (QED) is 0.899. The smallest absolute Gasteiger partial charge is 0.245 e. The first-order valence-corrected chi connectivity index (χ1v) is 9.09. The highest BCUT2D eigenvalue weighted by Crippen LogP contribution is 2.27. The lowest BCUT2D eigenvalue weighted by molar-refractivity contribution is -0.114. The van der Waals surface area contributed by atoms with Crippen LogP contribution in [0.25, 0.3) is 0 Å². The third-order valence-corrected chi connectivity index (χ3v) is 4.67. The van der Waals surface area contributed by atoms with Crippen molar-refractivity contribution in [1.29, 1.82) is 0 Å². The number of nitrogens with one attached hydrogen (secondary N) is 1. The predicted octanol–water partition coefficient (Wildman–Crippen LogP) is 3.05. The van der Waals surface area contributed by atoms with Crippen molar-refractivity contribution in [2.75, 3.05) is 22.4 Å². The number of carbonyl (C=O) groups excluding carboxylic acids is 1. The van der Waals surface area contributed by atoms with Crippen molar-refractivity contribution in [2.45, 2.75) is 6.92 Å². The van der Waals surface area contributed by atoms with E-state index in [1.54, 1.807) is 36.4 Å². The van der Waals surface area contributed by atoms with Gasteiger partial charge in [-0.2, -0.15) is 0 Å². The largest absolute Gasteiger partial charge is 0.324 e. The number of carbonyl (C=O) groups is 1. The minimum Gasteiger partial charge on any atom is -0.324 e. The van der Waals surface area contributed by atoms with Crippen molar-refractivity contribution in [1.82, 2.24) is 0 Å². The van der Waals surface area contributed by atoms with E-state index in [1.165, 1.54) is 0 Å². The van der Waals surface area contributed by atoms with E-state index in [9.17, 15) is 13.2 Å². The molecular weight excluding hydrogens is 336 g/mol. The van der Waals surface area contributed by atoms with Gasteiger partial charge in [0.2, 0.25) is 15.9 Å². The zero-order valence-corrected chi connectivity index (χ0v) is 14.4. The third-order valence-electron chi connectivity index (χ3n) is 3.23. The molecule has 0 spiro atoms. The summed E-state index contributed by atoms with van der Waals surface area (Å²) in [4.78, 5) is 12.2. The molecule has 0 aliphatic rings. The molecule has 0 atom stereocenters. The summed E-state index contributed by atoms with van der Waals surface area (Å²) in [5.74, 6) is -0.440. The van der Waals surface area contributed by atoms with E-state index in [1.807, 2.05) is 19.1 Å². The number of halogens is 1. The summed E-state index contributed by atoms with van der Waals surface area (Å²) >= 11 is 6.06. The molecule has 2 rings (SSSR count). The minimum atomic E-state index is -3.65. The van der Waals surface area contributed by atoms with Gasteiger partial charge >= 0.3 is 0 Å². The molecular formula is C16H17ClN2O3S. The molecule has 0 fully saturated rings. The highest BCUT2D eigenvalue weighted by molar-refractivity contribution is 7.92. The average molecular weight is 353 g/mol. The monoisotopic (exact) mass is 352 g/mol.